The van der Waals surface area contributed by atoms with Gasteiger partial charge >= 0.3 is 5.97 Å². The molecule has 1 heterocycles. The predicted octanol–water partition coefficient (Wildman–Crippen LogP) is 2.38. The number of carboxylic acids is 1. The minimum absolute atomic E-state index is 0.201. The average molecular weight is 257 g/mol. The highest BCUT2D eigenvalue weighted by Crippen LogP contribution is 2.28. The summed E-state index contributed by atoms with van der Waals surface area (Å²) in [6, 6.07) is 0.358. The molecular weight excluding hydrogens is 230 g/mol. The highest BCUT2D eigenvalue weighted by atomic mass is 16.5. The summed E-state index contributed by atoms with van der Waals surface area (Å²) in [4.78, 5) is 13.8. The number of aliphatic carboxylic acids is 1. The lowest BCUT2D eigenvalue weighted by Gasteiger charge is -2.42. The van der Waals surface area contributed by atoms with E-state index < -0.39 is 11.4 Å². The van der Waals surface area contributed by atoms with Crippen molar-refractivity contribution in [2.45, 2.75) is 59.1 Å². The number of ether oxygens (including phenoxy) is 1. The van der Waals surface area contributed by atoms with Crippen molar-refractivity contribution < 1.29 is 14.6 Å². The van der Waals surface area contributed by atoms with Crippen LogP contribution in [0, 0.1) is 5.41 Å². The molecule has 1 fully saturated rings. The molecule has 1 saturated heterocycles. The molecule has 4 nitrogen and oxygen atoms in total. The first-order chi connectivity index (χ1) is 8.42. The zero-order valence-electron chi connectivity index (χ0n) is 12.1. The van der Waals surface area contributed by atoms with Crippen LogP contribution in [0.3, 0.4) is 0 Å². The first kappa shape index (κ1) is 15.4. The van der Waals surface area contributed by atoms with E-state index in [0.717, 1.165) is 32.4 Å². The van der Waals surface area contributed by atoms with E-state index in [9.17, 15) is 9.90 Å². The van der Waals surface area contributed by atoms with Gasteiger partial charge in [0.05, 0.1) is 18.1 Å². The SMILES string of the molecule is CCCC(C)(CN1CC(C)OCC1CC)C(=O)O. The Bertz CT molecular complexity index is 282. The van der Waals surface area contributed by atoms with Gasteiger partial charge in [-0.05, 0) is 26.7 Å². The Morgan fingerprint density at radius 3 is 2.67 bits per heavy atom. The van der Waals surface area contributed by atoms with Crippen LogP contribution in [0.25, 0.3) is 0 Å². The Morgan fingerprint density at radius 2 is 2.17 bits per heavy atom. The van der Waals surface area contributed by atoms with E-state index in [1.54, 1.807) is 0 Å². The standard InChI is InChI=1S/C14H27NO3/c1-5-7-14(4,13(16)17)10-15-8-11(3)18-9-12(15)6-2/h11-12H,5-10H2,1-4H3,(H,16,17). The maximum Gasteiger partial charge on any atom is 0.310 e. The van der Waals surface area contributed by atoms with Gasteiger partial charge in [0.25, 0.3) is 0 Å². The van der Waals surface area contributed by atoms with E-state index >= 15 is 0 Å². The van der Waals surface area contributed by atoms with Crippen molar-refractivity contribution in [3.63, 3.8) is 0 Å². The molecule has 1 rings (SSSR count). The third kappa shape index (κ3) is 3.69. The molecule has 0 aromatic heterocycles. The van der Waals surface area contributed by atoms with Crippen LogP contribution < -0.4 is 0 Å². The molecule has 0 aliphatic carbocycles. The van der Waals surface area contributed by atoms with E-state index in [1.165, 1.54) is 0 Å². The quantitative estimate of drug-likeness (QED) is 0.793. The van der Waals surface area contributed by atoms with Crippen LogP contribution in [0.5, 0.6) is 0 Å². The maximum atomic E-state index is 11.5. The maximum absolute atomic E-state index is 11.5. The molecule has 1 aliphatic rings. The van der Waals surface area contributed by atoms with Crippen LogP contribution in [-0.2, 0) is 9.53 Å². The second-order valence-electron chi connectivity index (χ2n) is 5.75. The first-order valence-corrected chi connectivity index (χ1v) is 7.02. The molecule has 3 atom stereocenters. The molecule has 18 heavy (non-hydrogen) atoms. The topological polar surface area (TPSA) is 49.8 Å². The zero-order valence-corrected chi connectivity index (χ0v) is 12.1. The van der Waals surface area contributed by atoms with Gasteiger partial charge in [0.2, 0.25) is 0 Å². The monoisotopic (exact) mass is 257 g/mol. The number of carboxylic acid groups (broad SMARTS) is 1. The summed E-state index contributed by atoms with van der Waals surface area (Å²) in [5.41, 5.74) is -0.640. The van der Waals surface area contributed by atoms with Crippen LogP contribution in [0.4, 0.5) is 0 Å². The summed E-state index contributed by atoms with van der Waals surface area (Å²) < 4.78 is 5.66. The largest absolute Gasteiger partial charge is 0.481 e. The molecule has 0 aromatic carbocycles. The summed E-state index contributed by atoms with van der Waals surface area (Å²) in [7, 11) is 0. The second kappa shape index (κ2) is 6.53. The Kier molecular flexibility index (Phi) is 5.60. The van der Waals surface area contributed by atoms with Gasteiger partial charge in [-0.2, -0.15) is 0 Å². The van der Waals surface area contributed by atoms with Gasteiger partial charge in [-0.15, -0.1) is 0 Å². The van der Waals surface area contributed by atoms with E-state index in [0.29, 0.717) is 12.6 Å². The molecule has 0 spiro atoms. The summed E-state index contributed by atoms with van der Waals surface area (Å²) in [6.45, 7) is 10.3. The Labute approximate surface area is 110 Å². The van der Waals surface area contributed by atoms with E-state index in [4.69, 9.17) is 4.74 Å². The molecule has 0 radical (unpaired) electrons. The Hall–Kier alpha value is -0.610. The van der Waals surface area contributed by atoms with Crippen LogP contribution >= 0.6 is 0 Å². The molecule has 0 saturated carbocycles. The average Bonchev–Trinajstić information content (AvgIpc) is 2.29. The highest BCUT2D eigenvalue weighted by molar-refractivity contribution is 5.74. The van der Waals surface area contributed by atoms with Crippen molar-refractivity contribution in [2.24, 2.45) is 5.41 Å². The van der Waals surface area contributed by atoms with Crippen LogP contribution in [0.2, 0.25) is 0 Å². The van der Waals surface area contributed by atoms with Crippen molar-refractivity contribution in [3.05, 3.63) is 0 Å². The lowest BCUT2D eigenvalue weighted by Crippen LogP contribution is -2.53. The lowest BCUT2D eigenvalue weighted by molar-refractivity contribution is -0.152. The van der Waals surface area contributed by atoms with Crippen LogP contribution in [0.15, 0.2) is 0 Å². The van der Waals surface area contributed by atoms with Gasteiger partial charge in [0.1, 0.15) is 0 Å². The van der Waals surface area contributed by atoms with Crippen LogP contribution in [-0.4, -0.2) is 47.8 Å². The summed E-state index contributed by atoms with van der Waals surface area (Å²) in [5, 5.41) is 9.46. The molecule has 106 valence electrons. The molecule has 1 aliphatic heterocycles. The van der Waals surface area contributed by atoms with Gasteiger partial charge in [0, 0.05) is 19.1 Å². The molecule has 4 heteroatoms. The minimum atomic E-state index is -0.682. The zero-order chi connectivity index (χ0) is 13.8. The molecule has 0 amide bonds. The number of hydrogen-bond donors (Lipinski definition) is 1. The van der Waals surface area contributed by atoms with Gasteiger partial charge in [-0.3, -0.25) is 9.69 Å². The van der Waals surface area contributed by atoms with Crippen molar-refractivity contribution in [1.29, 1.82) is 0 Å². The van der Waals surface area contributed by atoms with Crippen molar-refractivity contribution in [3.8, 4) is 0 Å². The number of morpholine rings is 1. The third-order valence-electron chi connectivity index (χ3n) is 3.92. The summed E-state index contributed by atoms with van der Waals surface area (Å²) >= 11 is 0. The summed E-state index contributed by atoms with van der Waals surface area (Å²) in [6.07, 6.45) is 2.84. The van der Waals surface area contributed by atoms with Gasteiger partial charge in [0.15, 0.2) is 0 Å². The first-order valence-electron chi connectivity index (χ1n) is 7.02. The highest BCUT2D eigenvalue weighted by Gasteiger charge is 2.37. The molecule has 0 aromatic rings. The Morgan fingerprint density at radius 1 is 1.50 bits per heavy atom. The van der Waals surface area contributed by atoms with E-state index in [-0.39, 0.29) is 6.10 Å². The number of rotatable bonds is 6. The van der Waals surface area contributed by atoms with Crippen molar-refractivity contribution >= 4 is 5.97 Å². The predicted molar refractivity (Wildman–Crippen MR) is 71.7 cm³/mol. The normalized spacial score (nSPS) is 28.9. The molecule has 1 N–H and O–H groups in total. The summed E-state index contributed by atoms with van der Waals surface area (Å²) in [5.74, 6) is -0.682. The van der Waals surface area contributed by atoms with E-state index in [1.807, 2.05) is 13.8 Å². The minimum Gasteiger partial charge on any atom is -0.481 e. The lowest BCUT2D eigenvalue weighted by atomic mass is 9.84. The van der Waals surface area contributed by atoms with Gasteiger partial charge in [-0.1, -0.05) is 20.3 Å². The fraction of sp³-hybridized carbons (Fsp3) is 0.929. The molecule has 0 bridgehead atoms. The number of carbonyl (C=O) groups is 1. The number of hydrogen-bond acceptors (Lipinski definition) is 3. The molecule has 3 unspecified atom stereocenters. The van der Waals surface area contributed by atoms with Crippen molar-refractivity contribution in [2.75, 3.05) is 19.7 Å². The second-order valence-corrected chi connectivity index (χ2v) is 5.75. The fourth-order valence-electron chi connectivity index (χ4n) is 2.74. The van der Waals surface area contributed by atoms with E-state index in [2.05, 4.69) is 18.7 Å². The fourth-order valence-corrected chi connectivity index (χ4v) is 2.74. The Balaban J connectivity index is 2.74. The number of nitrogens with zero attached hydrogens (tertiary/aromatic N) is 1. The van der Waals surface area contributed by atoms with Crippen molar-refractivity contribution in [1.82, 2.24) is 4.90 Å². The third-order valence-corrected chi connectivity index (χ3v) is 3.92. The van der Waals surface area contributed by atoms with Gasteiger partial charge < -0.3 is 9.84 Å². The smallest absolute Gasteiger partial charge is 0.310 e. The van der Waals surface area contributed by atoms with Crippen LogP contribution in [0.1, 0.15) is 47.0 Å². The van der Waals surface area contributed by atoms with Gasteiger partial charge in [-0.25, -0.2) is 0 Å². The molecular formula is C14H27NO3.